The molecule has 8 heteroatoms. The standard InChI is InChI=1S/C23H26FN3O4/c1-29-18-5-6-19(27-10-3-9-25-27)16(12-18)14-26-11-8-21(20(28)15-26)31-22-7-4-17(24)13-23(22)30-2/h3-7,9-10,12-13,20-21,28H,8,11,14-15H2,1-2H3/t20-,21-/m1/s1. The molecule has 0 saturated carbocycles. The fraction of sp³-hybridized carbons (Fsp3) is 0.348. The minimum Gasteiger partial charge on any atom is -0.497 e. The molecule has 1 saturated heterocycles. The van der Waals surface area contributed by atoms with Crippen molar-refractivity contribution in [2.24, 2.45) is 0 Å². The maximum atomic E-state index is 13.4. The van der Waals surface area contributed by atoms with Gasteiger partial charge in [0.15, 0.2) is 11.5 Å². The van der Waals surface area contributed by atoms with Gasteiger partial charge in [0.1, 0.15) is 23.8 Å². The Balaban J connectivity index is 1.45. The number of hydrogen-bond acceptors (Lipinski definition) is 6. The van der Waals surface area contributed by atoms with Crippen LogP contribution in [0.2, 0.25) is 0 Å². The van der Waals surface area contributed by atoms with E-state index in [1.807, 2.05) is 35.1 Å². The van der Waals surface area contributed by atoms with Gasteiger partial charge in [0, 0.05) is 38.1 Å². The van der Waals surface area contributed by atoms with Gasteiger partial charge in [0.25, 0.3) is 0 Å². The van der Waals surface area contributed by atoms with Gasteiger partial charge in [-0.25, -0.2) is 9.07 Å². The number of β-amino-alcohol motifs (C(OH)–C–C–N with tert-alkyl or cyclic N) is 1. The van der Waals surface area contributed by atoms with E-state index >= 15 is 0 Å². The first kappa shape index (κ1) is 21.1. The van der Waals surface area contributed by atoms with E-state index in [1.54, 1.807) is 13.3 Å². The van der Waals surface area contributed by atoms with Gasteiger partial charge in [-0.2, -0.15) is 5.10 Å². The Morgan fingerprint density at radius 1 is 1.13 bits per heavy atom. The Morgan fingerprint density at radius 2 is 2.00 bits per heavy atom. The lowest BCUT2D eigenvalue weighted by atomic mass is 10.0. The van der Waals surface area contributed by atoms with E-state index in [9.17, 15) is 9.50 Å². The molecule has 1 aromatic heterocycles. The summed E-state index contributed by atoms with van der Waals surface area (Å²) in [5.41, 5.74) is 2.02. The molecule has 4 rings (SSSR count). The van der Waals surface area contributed by atoms with Crippen LogP contribution >= 0.6 is 0 Å². The number of aliphatic hydroxyl groups excluding tert-OH is 1. The quantitative estimate of drug-likeness (QED) is 0.625. The molecular formula is C23H26FN3O4. The minimum atomic E-state index is -0.692. The first-order valence-corrected chi connectivity index (χ1v) is 10.1. The van der Waals surface area contributed by atoms with E-state index in [2.05, 4.69) is 10.00 Å². The van der Waals surface area contributed by atoms with Crippen LogP contribution in [0.5, 0.6) is 17.2 Å². The third-order valence-electron chi connectivity index (χ3n) is 5.44. The summed E-state index contributed by atoms with van der Waals surface area (Å²) in [6.07, 6.45) is 3.18. The Bertz CT molecular complexity index is 1010. The van der Waals surface area contributed by atoms with Crippen molar-refractivity contribution in [2.75, 3.05) is 27.3 Å². The second-order valence-corrected chi connectivity index (χ2v) is 7.49. The molecule has 2 atom stereocenters. The highest BCUT2D eigenvalue weighted by Crippen LogP contribution is 2.31. The van der Waals surface area contributed by atoms with Gasteiger partial charge in [-0.15, -0.1) is 0 Å². The van der Waals surface area contributed by atoms with Crippen molar-refractivity contribution in [3.63, 3.8) is 0 Å². The van der Waals surface area contributed by atoms with Crippen molar-refractivity contribution in [2.45, 2.75) is 25.2 Å². The van der Waals surface area contributed by atoms with Gasteiger partial charge in [0.05, 0.1) is 19.9 Å². The number of rotatable bonds is 7. The molecule has 2 heterocycles. The number of aliphatic hydroxyl groups is 1. The monoisotopic (exact) mass is 427 g/mol. The van der Waals surface area contributed by atoms with Gasteiger partial charge in [-0.3, -0.25) is 4.90 Å². The van der Waals surface area contributed by atoms with Crippen LogP contribution in [-0.4, -0.2) is 59.3 Å². The summed E-state index contributed by atoms with van der Waals surface area (Å²) in [6, 6.07) is 11.9. The summed E-state index contributed by atoms with van der Waals surface area (Å²) >= 11 is 0. The largest absolute Gasteiger partial charge is 0.497 e. The third-order valence-corrected chi connectivity index (χ3v) is 5.44. The van der Waals surface area contributed by atoms with Crippen molar-refractivity contribution >= 4 is 0 Å². The zero-order valence-electron chi connectivity index (χ0n) is 17.6. The molecule has 0 radical (unpaired) electrons. The van der Waals surface area contributed by atoms with Gasteiger partial charge in [-0.05, 0) is 48.4 Å². The van der Waals surface area contributed by atoms with Crippen LogP contribution in [0.1, 0.15) is 12.0 Å². The number of aromatic nitrogens is 2. The van der Waals surface area contributed by atoms with Gasteiger partial charge in [-0.1, -0.05) is 0 Å². The minimum absolute atomic E-state index is 0.315. The van der Waals surface area contributed by atoms with E-state index in [0.717, 1.165) is 23.5 Å². The number of hydrogen-bond donors (Lipinski definition) is 1. The highest BCUT2D eigenvalue weighted by atomic mass is 19.1. The van der Waals surface area contributed by atoms with Gasteiger partial charge < -0.3 is 19.3 Å². The fourth-order valence-electron chi connectivity index (χ4n) is 3.85. The Morgan fingerprint density at radius 3 is 2.71 bits per heavy atom. The van der Waals surface area contributed by atoms with Gasteiger partial charge >= 0.3 is 0 Å². The Labute approximate surface area is 180 Å². The van der Waals surface area contributed by atoms with Gasteiger partial charge in [0.2, 0.25) is 0 Å². The predicted molar refractivity (Wildman–Crippen MR) is 113 cm³/mol. The Kier molecular flexibility index (Phi) is 6.39. The molecule has 3 aromatic rings. The molecular weight excluding hydrogens is 401 g/mol. The van der Waals surface area contributed by atoms with Crippen molar-refractivity contribution in [1.82, 2.24) is 14.7 Å². The van der Waals surface area contributed by atoms with Crippen molar-refractivity contribution in [3.8, 4) is 22.9 Å². The van der Waals surface area contributed by atoms with Crippen molar-refractivity contribution < 1.29 is 23.7 Å². The normalized spacial score (nSPS) is 19.2. The molecule has 1 aliphatic rings. The highest BCUT2D eigenvalue weighted by molar-refractivity contribution is 5.45. The lowest BCUT2D eigenvalue weighted by Gasteiger charge is -2.36. The lowest BCUT2D eigenvalue weighted by Crippen LogP contribution is -2.48. The van der Waals surface area contributed by atoms with Crippen molar-refractivity contribution in [3.05, 3.63) is 66.2 Å². The first-order chi connectivity index (χ1) is 15.1. The van der Waals surface area contributed by atoms with E-state index in [4.69, 9.17) is 14.2 Å². The topological polar surface area (TPSA) is 69.0 Å². The Hall–Kier alpha value is -3.10. The number of halogens is 1. The SMILES string of the molecule is COc1ccc(-n2cccn2)c(CN2CC[C@@H](Oc3ccc(F)cc3OC)[C@H](O)C2)c1. The van der Waals surface area contributed by atoms with E-state index < -0.39 is 18.0 Å². The summed E-state index contributed by atoms with van der Waals surface area (Å²) < 4.78 is 31.8. The van der Waals surface area contributed by atoms with E-state index in [1.165, 1.54) is 25.3 Å². The number of ether oxygens (including phenoxy) is 3. The van der Waals surface area contributed by atoms with Crippen LogP contribution < -0.4 is 14.2 Å². The molecule has 1 fully saturated rings. The number of nitrogens with zero attached hydrogens (tertiary/aromatic N) is 3. The zero-order valence-corrected chi connectivity index (χ0v) is 17.6. The average Bonchev–Trinajstić information content (AvgIpc) is 3.31. The van der Waals surface area contributed by atoms with Crippen LogP contribution in [0.25, 0.3) is 5.69 Å². The smallest absolute Gasteiger partial charge is 0.163 e. The molecule has 7 nitrogen and oxygen atoms in total. The second kappa shape index (κ2) is 9.36. The fourth-order valence-corrected chi connectivity index (χ4v) is 3.85. The van der Waals surface area contributed by atoms with Crippen LogP contribution in [0.3, 0.4) is 0 Å². The molecule has 1 aliphatic heterocycles. The number of methoxy groups -OCH3 is 2. The predicted octanol–water partition coefficient (Wildman–Crippen LogP) is 3.04. The molecule has 164 valence electrons. The van der Waals surface area contributed by atoms with Crippen LogP contribution in [0.4, 0.5) is 4.39 Å². The summed E-state index contributed by atoms with van der Waals surface area (Å²) in [7, 11) is 3.11. The number of benzene rings is 2. The molecule has 0 amide bonds. The molecule has 1 N–H and O–H groups in total. The van der Waals surface area contributed by atoms with Crippen LogP contribution in [0, 0.1) is 5.82 Å². The summed E-state index contributed by atoms with van der Waals surface area (Å²) in [5.74, 6) is 1.11. The zero-order chi connectivity index (χ0) is 21.8. The summed E-state index contributed by atoms with van der Waals surface area (Å²) in [4.78, 5) is 2.17. The highest BCUT2D eigenvalue weighted by Gasteiger charge is 2.30. The maximum Gasteiger partial charge on any atom is 0.163 e. The third kappa shape index (κ3) is 4.81. The van der Waals surface area contributed by atoms with E-state index in [-0.39, 0.29) is 0 Å². The molecule has 0 spiro atoms. The first-order valence-electron chi connectivity index (χ1n) is 10.1. The summed E-state index contributed by atoms with van der Waals surface area (Å²) in [6.45, 7) is 1.82. The second-order valence-electron chi connectivity index (χ2n) is 7.49. The number of piperidine rings is 1. The van der Waals surface area contributed by atoms with E-state index in [0.29, 0.717) is 31.0 Å². The lowest BCUT2D eigenvalue weighted by molar-refractivity contribution is -0.0283. The molecule has 0 bridgehead atoms. The molecule has 0 unspecified atom stereocenters. The molecule has 31 heavy (non-hydrogen) atoms. The van der Waals surface area contributed by atoms with Crippen LogP contribution in [-0.2, 0) is 6.54 Å². The maximum absolute atomic E-state index is 13.4. The van der Waals surface area contributed by atoms with Crippen molar-refractivity contribution in [1.29, 1.82) is 0 Å². The average molecular weight is 427 g/mol. The van der Waals surface area contributed by atoms with Crippen LogP contribution in [0.15, 0.2) is 54.9 Å². The number of likely N-dealkylation sites (tertiary alicyclic amines) is 1. The molecule has 0 aliphatic carbocycles. The summed E-state index contributed by atoms with van der Waals surface area (Å²) in [5, 5.41) is 15.1. The molecule has 2 aromatic carbocycles.